The highest BCUT2D eigenvalue weighted by Gasteiger charge is 2.46. The van der Waals surface area contributed by atoms with Crippen LogP contribution in [0, 0.1) is 17.2 Å². The first-order chi connectivity index (χ1) is 8.32. The number of nitrogens with zero attached hydrogens (tertiary/aromatic N) is 3. The van der Waals surface area contributed by atoms with Crippen molar-refractivity contribution in [3.8, 4) is 6.07 Å². The van der Waals surface area contributed by atoms with E-state index >= 15 is 0 Å². The quantitative estimate of drug-likeness (QED) is 0.817. The maximum absolute atomic E-state index is 12.2. The zero-order valence-electron chi connectivity index (χ0n) is 11.0. The molecule has 0 spiro atoms. The first kappa shape index (κ1) is 14.3. The summed E-state index contributed by atoms with van der Waals surface area (Å²) in [5.41, 5.74) is -1.12. The Balaban J connectivity index is 2.78. The van der Waals surface area contributed by atoms with Gasteiger partial charge in [-0.05, 0) is 26.7 Å². The van der Waals surface area contributed by atoms with E-state index in [1.54, 1.807) is 20.9 Å². The summed E-state index contributed by atoms with van der Waals surface area (Å²) >= 11 is 0. The average molecular weight is 253 g/mol. The van der Waals surface area contributed by atoms with Crippen LogP contribution in [-0.2, 0) is 4.79 Å². The predicted octanol–water partition coefficient (Wildman–Crippen LogP) is 1.14. The van der Waals surface area contributed by atoms with Gasteiger partial charge in [0.2, 0.25) is 0 Å². The minimum atomic E-state index is -1.12. The van der Waals surface area contributed by atoms with E-state index in [9.17, 15) is 14.7 Å². The van der Waals surface area contributed by atoms with Crippen LogP contribution in [0.5, 0.6) is 0 Å². The molecule has 1 heterocycles. The summed E-state index contributed by atoms with van der Waals surface area (Å²) in [5.74, 6) is -1.24. The molecule has 100 valence electrons. The smallest absolute Gasteiger partial charge is 0.329 e. The van der Waals surface area contributed by atoms with Gasteiger partial charge in [-0.3, -0.25) is 0 Å². The van der Waals surface area contributed by atoms with Crippen molar-refractivity contribution in [2.75, 3.05) is 20.1 Å². The van der Waals surface area contributed by atoms with Gasteiger partial charge in [-0.25, -0.2) is 9.59 Å². The Hall–Kier alpha value is -1.77. The van der Waals surface area contributed by atoms with E-state index in [4.69, 9.17) is 5.26 Å². The van der Waals surface area contributed by atoms with Crippen LogP contribution in [0.3, 0.4) is 0 Å². The monoisotopic (exact) mass is 253 g/mol. The van der Waals surface area contributed by atoms with Crippen LogP contribution in [0.2, 0.25) is 0 Å². The number of nitriles is 1. The Bertz CT molecular complexity index is 391. The van der Waals surface area contributed by atoms with Crippen molar-refractivity contribution in [2.24, 2.45) is 5.92 Å². The minimum Gasteiger partial charge on any atom is -0.480 e. The van der Waals surface area contributed by atoms with Gasteiger partial charge in [-0.15, -0.1) is 0 Å². The number of carbonyl (C=O) groups is 2. The molecule has 0 aromatic carbocycles. The fourth-order valence-corrected chi connectivity index (χ4v) is 2.23. The number of aliphatic carboxylic acids is 1. The normalized spacial score (nSPS) is 24.4. The summed E-state index contributed by atoms with van der Waals surface area (Å²) in [5, 5.41) is 18.0. The van der Waals surface area contributed by atoms with E-state index in [-0.39, 0.29) is 11.9 Å². The molecule has 0 aromatic heterocycles. The molecule has 1 fully saturated rings. The van der Waals surface area contributed by atoms with Gasteiger partial charge in [0.1, 0.15) is 5.54 Å². The van der Waals surface area contributed by atoms with E-state index in [0.29, 0.717) is 25.9 Å². The molecule has 0 aliphatic carbocycles. The third kappa shape index (κ3) is 2.55. The highest BCUT2D eigenvalue weighted by molar-refractivity contribution is 5.86. The lowest BCUT2D eigenvalue weighted by molar-refractivity contribution is -0.147. The second-order valence-corrected chi connectivity index (χ2v) is 5.03. The Morgan fingerprint density at radius 2 is 2.22 bits per heavy atom. The Morgan fingerprint density at radius 3 is 2.72 bits per heavy atom. The minimum absolute atomic E-state index is 0.266. The zero-order valence-corrected chi connectivity index (χ0v) is 11.0. The Morgan fingerprint density at radius 1 is 1.61 bits per heavy atom. The van der Waals surface area contributed by atoms with Gasteiger partial charge < -0.3 is 14.9 Å². The Kier molecular flexibility index (Phi) is 4.17. The van der Waals surface area contributed by atoms with Crippen molar-refractivity contribution in [1.29, 1.82) is 5.26 Å². The molecule has 1 rings (SSSR count). The largest absolute Gasteiger partial charge is 0.480 e. The zero-order chi connectivity index (χ0) is 13.9. The molecule has 0 radical (unpaired) electrons. The number of hydrogen-bond donors (Lipinski definition) is 1. The predicted molar refractivity (Wildman–Crippen MR) is 64.8 cm³/mol. The van der Waals surface area contributed by atoms with Crippen LogP contribution in [0.4, 0.5) is 4.79 Å². The molecule has 18 heavy (non-hydrogen) atoms. The SMILES string of the molecule is CC(C#N)CN(C)C(=O)N1CCCC1(C)C(=O)O. The molecule has 2 unspecified atom stereocenters. The van der Waals surface area contributed by atoms with Crippen molar-refractivity contribution < 1.29 is 14.7 Å². The summed E-state index contributed by atoms with van der Waals surface area (Å²) in [6.45, 7) is 4.06. The maximum atomic E-state index is 12.2. The number of rotatable bonds is 3. The molecule has 0 bridgehead atoms. The van der Waals surface area contributed by atoms with Crippen molar-refractivity contribution in [1.82, 2.24) is 9.80 Å². The lowest BCUT2D eigenvalue weighted by Crippen LogP contribution is -2.54. The van der Waals surface area contributed by atoms with Crippen LogP contribution >= 0.6 is 0 Å². The van der Waals surface area contributed by atoms with E-state index in [2.05, 4.69) is 6.07 Å². The van der Waals surface area contributed by atoms with Gasteiger partial charge in [0.15, 0.2) is 0 Å². The lowest BCUT2D eigenvalue weighted by Gasteiger charge is -2.34. The van der Waals surface area contributed by atoms with Gasteiger partial charge >= 0.3 is 12.0 Å². The summed E-state index contributed by atoms with van der Waals surface area (Å²) in [6.07, 6.45) is 1.16. The first-order valence-electron chi connectivity index (χ1n) is 5.98. The molecule has 2 amide bonds. The van der Waals surface area contributed by atoms with Gasteiger partial charge in [-0.1, -0.05) is 0 Å². The second-order valence-electron chi connectivity index (χ2n) is 5.03. The summed E-state index contributed by atoms with van der Waals surface area (Å²) in [7, 11) is 1.59. The number of carbonyl (C=O) groups excluding carboxylic acids is 1. The van der Waals surface area contributed by atoms with Crippen LogP contribution in [-0.4, -0.2) is 52.6 Å². The highest BCUT2D eigenvalue weighted by atomic mass is 16.4. The van der Waals surface area contributed by atoms with Crippen molar-refractivity contribution in [2.45, 2.75) is 32.2 Å². The molecular formula is C12H19N3O3. The third-order valence-electron chi connectivity index (χ3n) is 3.43. The fourth-order valence-electron chi connectivity index (χ4n) is 2.23. The van der Waals surface area contributed by atoms with E-state index in [1.165, 1.54) is 9.80 Å². The first-order valence-corrected chi connectivity index (χ1v) is 5.98. The number of carboxylic acids is 1. The Labute approximate surface area is 107 Å². The number of urea groups is 1. The summed E-state index contributed by atoms with van der Waals surface area (Å²) in [6, 6.07) is 1.74. The average Bonchev–Trinajstić information content (AvgIpc) is 2.71. The third-order valence-corrected chi connectivity index (χ3v) is 3.43. The lowest BCUT2D eigenvalue weighted by atomic mass is 10.00. The molecular weight excluding hydrogens is 234 g/mol. The van der Waals surface area contributed by atoms with E-state index in [0.717, 1.165) is 0 Å². The molecule has 0 aromatic rings. The molecule has 1 aliphatic rings. The molecule has 2 atom stereocenters. The fraction of sp³-hybridized carbons (Fsp3) is 0.750. The summed E-state index contributed by atoms with van der Waals surface area (Å²) < 4.78 is 0. The number of likely N-dealkylation sites (tertiary alicyclic amines) is 1. The molecule has 1 N–H and O–H groups in total. The number of hydrogen-bond acceptors (Lipinski definition) is 3. The van der Waals surface area contributed by atoms with Crippen LogP contribution in [0.1, 0.15) is 26.7 Å². The van der Waals surface area contributed by atoms with Crippen molar-refractivity contribution >= 4 is 12.0 Å². The van der Waals surface area contributed by atoms with Crippen LogP contribution in [0.15, 0.2) is 0 Å². The standard InChI is InChI=1S/C12H19N3O3/c1-9(7-13)8-14(3)11(18)15-6-4-5-12(15,2)10(16)17/h9H,4-6,8H2,1-3H3,(H,16,17). The molecule has 0 saturated carbocycles. The number of amides is 2. The van der Waals surface area contributed by atoms with Crippen molar-refractivity contribution in [3.05, 3.63) is 0 Å². The van der Waals surface area contributed by atoms with Crippen LogP contribution < -0.4 is 0 Å². The van der Waals surface area contributed by atoms with Crippen molar-refractivity contribution in [3.63, 3.8) is 0 Å². The van der Waals surface area contributed by atoms with Gasteiger partial charge in [0.05, 0.1) is 12.0 Å². The van der Waals surface area contributed by atoms with Gasteiger partial charge in [0.25, 0.3) is 0 Å². The van der Waals surface area contributed by atoms with Crippen LogP contribution in [0.25, 0.3) is 0 Å². The molecule has 6 heteroatoms. The molecule has 1 aliphatic heterocycles. The van der Waals surface area contributed by atoms with Gasteiger partial charge in [-0.2, -0.15) is 5.26 Å². The van der Waals surface area contributed by atoms with E-state index < -0.39 is 11.5 Å². The topological polar surface area (TPSA) is 84.6 Å². The maximum Gasteiger partial charge on any atom is 0.329 e. The summed E-state index contributed by atoms with van der Waals surface area (Å²) in [4.78, 5) is 26.3. The molecule has 6 nitrogen and oxygen atoms in total. The van der Waals surface area contributed by atoms with E-state index in [1.807, 2.05) is 0 Å². The van der Waals surface area contributed by atoms with Gasteiger partial charge in [0, 0.05) is 20.1 Å². The number of carboxylic acid groups (broad SMARTS) is 1. The highest BCUT2D eigenvalue weighted by Crippen LogP contribution is 2.30. The molecule has 1 saturated heterocycles. The second kappa shape index (κ2) is 5.25.